The molecule has 0 radical (unpaired) electrons. The molecular formula is C12H12N2O. The van der Waals surface area contributed by atoms with E-state index in [2.05, 4.69) is 22.8 Å². The number of hydrogen-bond acceptors (Lipinski definition) is 3. The maximum Gasteiger partial charge on any atom is 0.113 e. The van der Waals surface area contributed by atoms with Gasteiger partial charge in [0.25, 0.3) is 0 Å². The third-order valence-electron chi connectivity index (χ3n) is 2.69. The first-order chi connectivity index (χ1) is 7.45. The van der Waals surface area contributed by atoms with Gasteiger partial charge in [-0.3, -0.25) is 0 Å². The number of benzene rings is 1. The van der Waals surface area contributed by atoms with Crippen LogP contribution in [-0.4, -0.2) is 13.2 Å². The molecular weight excluding hydrogens is 188 g/mol. The van der Waals surface area contributed by atoms with Crippen LogP contribution < -0.4 is 10.6 Å². The van der Waals surface area contributed by atoms with E-state index in [9.17, 15) is 0 Å². The molecule has 1 aromatic carbocycles. The first kappa shape index (κ1) is 8.41. The Balaban J connectivity index is 2.12. The molecule has 0 fully saturated rings. The molecule has 15 heavy (non-hydrogen) atoms. The van der Waals surface area contributed by atoms with E-state index in [0.29, 0.717) is 6.61 Å². The Morgan fingerprint density at radius 2 is 2.13 bits per heavy atom. The van der Waals surface area contributed by atoms with Gasteiger partial charge >= 0.3 is 0 Å². The van der Waals surface area contributed by atoms with Crippen LogP contribution in [0.15, 0.2) is 42.3 Å². The van der Waals surface area contributed by atoms with Crippen molar-refractivity contribution in [3.05, 3.63) is 47.9 Å². The van der Waals surface area contributed by atoms with Crippen molar-refractivity contribution in [1.82, 2.24) is 5.32 Å². The fraction of sp³-hybridized carbons (Fsp3) is 0.167. The van der Waals surface area contributed by atoms with Gasteiger partial charge in [0.2, 0.25) is 0 Å². The summed E-state index contributed by atoms with van der Waals surface area (Å²) in [7, 11) is 0. The van der Waals surface area contributed by atoms with Crippen LogP contribution in [0.4, 0.5) is 5.69 Å². The first-order valence-electron chi connectivity index (χ1n) is 5.03. The number of hydrogen-bond donors (Lipinski definition) is 2. The zero-order valence-corrected chi connectivity index (χ0v) is 8.29. The largest absolute Gasteiger partial charge is 0.495 e. The molecule has 0 unspecified atom stereocenters. The number of fused-ring (bicyclic) bond motifs is 2. The summed E-state index contributed by atoms with van der Waals surface area (Å²) < 4.78 is 5.34. The third-order valence-corrected chi connectivity index (χ3v) is 2.69. The third kappa shape index (κ3) is 1.36. The lowest BCUT2D eigenvalue weighted by Gasteiger charge is -2.23. The zero-order valence-electron chi connectivity index (χ0n) is 8.29. The molecule has 2 heterocycles. The summed E-state index contributed by atoms with van der Waals surface area (Å²) in [5.74, 6) is 0. The molecule has 0 spiro atoms. The highest BCUT2D eigenvalue weighted by Gasteiger charge is 2.18. The molecule has 0 bridgehead atoms. The van der Waals surface area contributed by atoms with Crippen LogP contribution in [0.5, 0.6) is 0 Å². The summed E-state index contributed by atoms with van der Waals surface area (Å²) in [5.41, 5.74) is 4.84. The van der Waals surface area contributed by atoms with Gasteiger partial charge in [0.15, 0.2) is 0 Å². The van der Waals surface area contributed by atoms with Gasteiger partial charge < -0.3 is 15.4 Å². The van der Waals surface area contributed by atoms with Gasteiger partial charge in [0, 0.05) is 29.6 Å². The number of ether oxygens (including phenoxy) is 1. The average molecular weight is 200 g/mol. The zero-order chi connectivity index (χ0) is 10.1. The molecule has 76 valence electrons. The van der Waals surface area contributed by atoms with E-state index in [0.717, 1.165) is 6.54 Å². The van der Waals surface area contributed by atoms with Gasteiger partial charge in [0.05, 0.1) is 12.0 Å². The first-order valence-corrected chi connectivity index (χ1v) is 5.03. The Kier molecular flexibility index (Phi) is 1.88. The molecule has 2 N–H and O–H groups in total. The fourth-order valence-electron chi connectivity index (χ4n) is 1.95. The number of anilines is 1. The highest BCUT2D eigenvalue weighted by atomic mass is 16.5. The molecule has 3 heteroatoms. The minimum absolute atomic E-state index is 0.653. The molecule has 3 nitrogen and oxygen atoms in total. The smallest absolute Gasteiger partial charge is 0.113 e. The lowest BCUT2D eigenvalue weighted by atomic mass is 10.0. The second kappa shape index (κ2) is 3.35. The lowest BCUT2D eigenvalue weighted by Crippen LogP contribution is -2.20. The van der Waals surface area contributed by atoms with Crippen molar-refractivity contribution in [3.63, 3.8) is 0 Å². The second-order valence-corrected chi connectivity index (χ2v) is 3.64. The summed E-state index contributed by atoms with van der Waals surface area (Å²) >= 11 is 0. The van der Waals surface area contributed by atoms with Crippen molar-refractivity contribution < 1.29 is 4.74 Å². The van der Waals surface area contributed by atoms with E-state index in [1.807, 2.05) is 18.3 Å². The standard InChI is InChI=1S/C12H12N2O/c1-2-4-11-10(3-1)12-9(7-14-11)8-15-6-5-13-12/h1-6,13-14H,7-8H2. The van der Waals surface area contributed by atoms with Crippen LogP contribution in [0.1, 0.15) is 5.56 Å². The summed E-state index contributed by atoms with van der Waals surface area (Å²) in [6.45, 7) is 1.50. The van der Waals surface area contributed by atoms with Gasteiger partial charge in [0.1, 0.15) is 6.61 Å². The monoisotopic (exact) mass is 200 g/mol. The van der Waals surface area contributed by atoms with Gasteiger partial charge in [-0.25, -0.2) is 0 Å². The molecule has 0 saturated heterocycles. The Hall–Kier alpha value is -1.90. The predicted molar refractivity (Wildman–Crippen MR) is 60.1 cm³/mol. The van der Waals surface area contributed by atoms with Crippen LogP contribution in [0.2, 0.25) is 0 Å². The Morgan fingerprint density at radius 1 is 1.20 bits per heavy atom. The van der Waals surface area contributed by atoms with Crippen molar-refractivity contribution in [3.8, 4) is 0 Å². The molecule has 3 rings (SSSR count). The maximum atomic E-state index is 5.34. The minimum Gasteiger partial charge on any atom is -0.495 e. The fourth-order valence-corrected chi connectivity index (χ4v) is 1.95. The summed E-state index contributed by atoms with van der Waals surface area (Å²) in [6.07, 6.45) is 3.53. The lowest BCUT2D eigenvalue weighted by molar-refractivity contribution is 0.281. The number of para-hydroxylation sites is 1. The highest BCUT2D eigenvalue weighted by Crippen LogP contribution is 2.29. The molecule has 0 aliphatic carbocycles. The maximum absolute atomic E-state index is 5.34. The van der Waals surface area contributed by atoms with Crippen molar-refractivity contribution in [2.45, 2.75) is 0 Å². The molecule has 2 aliphatic rings. The van der Waals surface area contributed by atoms with E-state index in [1.165, 1.54) is 22.5 Å². The Bertz CT molecular complexity index is 449. The molecule has 0 saturated carbocycles. The highest BCUT2D eigenvalue weighted by molar-refractivity contribution is 5.81. The van der Waals surface area contributed by atoms with Crippen LogP contribution in [0.25, 0.3) is 5.70 Å². The van der Waals surface area contributed by atoms with Crippen LogP contribution in [0.3, 0.4) is 0 Å². The van der Waals surface area contributed by atoms with Crippen LogP contribution in [-0.2, 0) is 4.74 Å². The minimum atomic E-state index is 0.653. The van der Waals surface area contributed by atoms with E-state index in [1.54, 1.807) is 6.26 Å². The van der Waals surface area contributed by atoms with Crippen molar-refractivity contribution in [2.24, 2.45) is 0 Å². The van der Waals surface area contributed by atoms with Gasteiger partial charge in [-0.05, 0) is 6.07 Å². The molecule has 0 atom stereocenters. The topological polar surface area (TPSA) is 33.3 Å². The van der Waals surface area contributed by atoms with E-state index < -0.39 is 0 Å². The summed E-state index contributed by atoms with van der Waals surface area (Å²) in [4.78, 5) is 0. The Labute approximate surface area is 88.4 Å². The van der Waals surface area contributed by atoms with Gasteiger partial charge in [-0.2, -0.15) is 0 Å². The van der Waals surface area contributed by atoms with Crippen molar-refractivity contribution in [1.29, 1.82) is 0 Å². The number of rotatable bonds is 0. The van der Waals surface area contributed by atoms with E-state index in [4.69, 9.17) is 4.74 Å². The van der Waals surface area contributed by atoms with Gasteiger partial charge in [-0.15, -0.1) is 0 Å². The van der Waals surface area contributed by atoms with Crippen molar-refractivity contribution in [2.75, 3.05) is 18.5 Å². The molecule has 1 aromatic rings. The van der Waals surface area contributed by atoms with Crippen LogP contribution in [0, 0.1) is 0 Å². The molecule has 2 aliphatic heterocycles. The quantitative estimate of drug-likeness (QED) is 0.671. The Morgan fingerprint density at radius 3 is 3.13 bits per heavy atom. The van der Waals surface area contributed by atoms with E-state index in [-0.39, 0.29) is 0 Å². The van der Waals surface area contributed by atoms with Crippen molar-refractivity contribution >= 4 is 11.4 Å². The number of nitrogens with one attached hydrogen (secondary N) is 2. The summed E-state index contributed by atoms with van der Waals surface area (Å²) in [5, 5.41) is 6.66. The predicted octanol–water partition coefficient (Wildman–Crippen LogP) is 1.91. The molecule has 0 aromatic heterocycles. The van der Waals surface area contributed by atoms with E-state index >= 15 is 0 Å². The summed E-state index contributed by atoms with van der Waals surface area (Å²) in [6, 6.07) is 8.30. The second-order valence-electron chi connectivity index (χ2n) is 3.64. The van der Waals surface area contributed by atoms with Crippen LogP contribution >= 0.6 is 0 Å². The van der Waals surface area contributed by atoms with Gasteiger partial charge in [-0.1, -0.05) is 18.2 Å². The molecule has 0 amide bonds. The normalized spacial score (nSPS) is 17.9. The average Bonchev–Trinajstić information content (AvgIpc) is 2.54. The SMILES string of the molecule is C1=COCC2=C(N1)c1ccccc1NC2.